The van der Waals surface area contributed by atoms with Gasteiger partial charge in [-0.2, -0.15) is 5.10 Å². The molecular weight excluding hydrogens is 376 g/mol. The maximum absolute atomic E-state index is 13.2. The molecule has 3 aromatic rings. The fourth-order valence-corrected chi connectivity index (χ4v) is 3.87. The fourth-order valence-electron chi connectivity index (χ4n) is 3.62. The zero-order valence-corrected chi connectivity index (χ0v) is 16.4. The minimum absolute atomic E-state index is 0.141. The number of aromatic nitrogens is 2. The molecule has 0 atom stereocenters. The van der Waals surface area contributed by atoms with Gasteiger partial charge in [0.25, 0.3) is 11.5 Å². The number of halogens is 1. The highest BCUT2D eigenvalue weighted by Gasteiger charge is 2.26. The predicted molar refractivity (Wildman–Crippen MR) is 111 cm³/mol. The normalized spacial score (nSPS) is 14.5. The van der Waals surface area contributed by atoms with Crippen molar-refractivity contribution in [1.82, 2.24) is 14.7 Å². The molecule has 0 spiro atoms. The molecule has 144 valence electrons. The van der Waals surface area contributed by atoms with Gasteiger partial charge >= 0.3 is 0 Å². The van der Waals surface area contributed by atoms with Crippen LogP contribution in [0, 0.1) is 0 Å². The first-order chi connectivity index (χ1) is 13.6. The van der Waals surface area contributed by atoms with E-state index < -0.39 is 0 Å². The van der Waals surface area contributed by atoms with Crippen molar-refractivity contribution in [2.24, 2.45) is 0 Å². The molecule has 1 saturated heterocycles. The van der Waals surface area contributed by atoms with Crippen molar-refractivity contribution in [2.45, 2.75) is 13.5 Å². The summed E-state index contributed by atoms with van der Waals surface area (Å²) < 4.78 is 1.36. The number of benzene rings is 2. The van der Waals surface area contributed by atoms with E-state index in [0.717, 1.165) is 5.69 Å². The zero-order valence-electron chi connectivity index (χ0n) is 15.6. The molecule has 0 aliphatic carbocycles. The van der Waals surface area contributed by atoms with Crippen LogP contribution in [0.2, 0.25) is 5.02 Å². The van der Waals surface area contributed by atoms with Crippen LogP contribution < -0.4 is 10.5 Å². The highest BCUT2D eigenvalue weighted by atomic mass is 35.5. The fraction of sp³-hybridized carbons (Fsp3) is 0.286. The summed E-state index contributed by atoms with van der Waals surface area (Å²) in [6, 6.07) is 14.9. The second kappa shape index (κ2) is 7.64. The standard InChI is InChI=1S/C21H21ClN4O2/c1-2-26-20(27)16-8-4-3-7-15(16)19(23-26)21(28)25-13-11-24(12-14-25)18-10-6-5-9-17(18)22/h3-10H,2,11-14H2,1H3. The van der Waals surface area contributed by atoms with Gasteiger partial charge in [0.05, 0.1) is 16.1 Å². The van der Waals surface area contributed by atoms with Crippen LogP contribution in [0.3, 0.4) is 0 Å². The molecule has 0 bridgehead atoms. The smallest absolute Gasteiger partial charge is 0.275 e. The maximum atomic E-state index is 13.2. The molecule has 2 heterocycles. The number of piperazine rings is 1. The molecule has 0 saturated carbocycles. The Kier molecular flexibility index (Phi) is 5.05. The summed E-state index contributed by atoms with van der Waals surface area (Å²) in [5.41, 5.74) is 1.15. The van der Waals surface area contributed by atoms with E-state index in [-0.39, 0.29) is 11.5 Å². The molecule has 1 amide bonds. The van der Waals surface area contributed by atoms with Gasteiger partial charge in [-0.3, -0.25) is 9.59 Å². The van der Waals surface area contributed by atoms with Crippen molar-refractivity contribution in [3.05, 3.63) is 69.6 Å². The number of nitrogens with zero attached hydrogens (tertiary/aromatic N) is 4. The van der Waals surface area contributed by atoms with E-state index in [4.69, 9.17) is 11.6 Å². The van der Waals surface area contributed by atoms with Gasteiger partial charge in [0.1, 0.15) is 0 Å². The summed E-state index contributed by atoms with van der Waals surface area (Å²) in [4.78, 5) is 29.7. The molecule has 4 rings (SSSR count). The number of hydrogen-bond donors (Lipinski definition) is 0. The largest absolute Gasteiger partial charge is 0.367 e. The van der Waals surface area contributed by atoms with Crippen LogP contribution in [-0.4, -0.2) is 46.8 Å². The Morgan fingerprint density at radius 2 is 1.64 bits per heavy atom. The summed E-state index contributed by atoms with van der Waals surface area (Å²) in [6.45, 7) is 4.81. The van der Waals surface area contributed by atoms with Gasteiger partial charge in [0.2, 0.25) is 0 Å². The van der Waals surface area contributed by atoms with Crippen LogP contribution >= 0.6 is 11.6 Å². The van der Waals surface area contributed by atoms with E-state index in [2.05, 4.69) is 10.00 Å². The molecule has 1 aromatic heterocycles. The van der Waals surface area contributed by atoms with Gasteiger partial charge in [-0.15, -0.1) is 0 Å². The SMILES string of the molecule is CCn1nc(C(=O)N2CCN(c3ccccc3Cl)CC2)c2ccccc2c1=O. The highest BCUT2D eigenvalue weighted by Crippen LogP contribution is 2.26. The van der Waals surface area contributed by atoms with Gasteiger partial charge in [0, 0.05) is 38.1 Å². The highest BCUT2D eigenvalue weighted by molar-refractivity contribution is 6.33. The molecule has 0 N–H and O–H groups in total. The van der Waals surface area contributed by atoms with Crippen molar-refractivity contribution in [1.29, 1.82) is 0 Å². The quantitative estimate of drug-likeness (QED) is 0.682. The van der Waals surface area contributed by atoms with Crippen LogP contribution in [0.15, 0.2) is 53.3 Å². The lowest BCUT2D eigenvalue weighted by molar-refractivity contribution is 0.0740. The Morgan fingerprint density at radius 1 is 1.00 bits per heavy atom. The van der Waals surface area contributed by atoms with E-state index in [0.29, 0.717) is 54.2 Å². The van der Waals surface area contributed by atoms with Crippen molar-refractivity contribution in [2.75, 3.05) is 31.1 Å². The van der Waals surface area contributed by atoms with Crippen molar-refractivity contribution < 1.29 is 4.79 Å². The third kappa shape index (κ3) is 3.24. The summed E-state index contributed by atoms with van der Waals surface area (Å²) in [5.74, 6) is -0.141. The molecule has 0 radical (unpaired) electrons. The number of rotatable bonds is 3. The molecule has 2 aromatic carbocycles. The number of aryl methyl sites for hydroxylation is 1. The van der Waals surface area contributed by atoms with Crippen LogP contribution in [0.5, 0.6) is 0 Å². The van der Waals surface area contributed by atoms with E-state index in [1.807, 2.05) is 37.3 Å². The lowest BCUT2D eigenvalue weighted by Crippen LogP contribution is -2.49. The summed E-state index contributed by atoms with van der Waals surface area (Å²) in [7, 11) is 0. The second-order valence-corrected chi connectivity index (χ2v) is 7.15. The minimum Gasteiger partial charge on any atom is -0.367 e. The third-order valence-electron chi connectivity index (χ3n) is 5.13. The first kappa shape index (κ1) is 18.5. The van der Waals surface area contributed by atoms with E-state index >= 15 is 0 Å². The lowest BCUT2D eigenvalue weighted by atomic mass is 10.1. The van der Waals surface area contributed by atoms with E-state index in [1.54, 1.807) is 23.1 Å². The van der Waals surface area contributed by atoms with Crippen LogP contribution in [0.1, 0.15) is 17.4 Å². The maximum Gasteiger partial charge on any atom is 0.275 e. The number of anilines is 1. The molecule has 1 aliphatic heterocycles. The Hall–Kier alpha value is -2.86. The topological polar surface area (TPSA) is 58.4 Å². The van der Waals surface area contributed by atoms with Gasteiger partial charge < -0.3 is 9.80 Å². The van der Waals surface area contributed by atoms with Crippen molar-refractivity contribution in [3.63, 3.8) is 0 Å². The average Bonchev–Trinajstić information content (AvgIpc) is 2.74. The second-order valence-electron chi connectivity index (χ2n) is 6.75. The molecular formula is C21H21ClN4O2. The van der Waals surface area contributed by atoms with Crippen molar-refractivity contribution in [3.8, 4) is 0 Å². The van der Waals surface area contributed by atoms with Crippen LogP contribution in [0.25, 0.3) is 10.8 Å². The van der Waals surface area contributed by atoms with E-state index in [9.17, 15) is 9.59 Å². The predicted octanol–water partition coefficient (Wildman–Crippen LogP) is 3.03. The number of hydrogen-bond acceptors (Lipinski definition) is 4. The van der Waals surface area contributed by atoms with E-state index in [1.165, 1.54) is 4.68 Å². The van der Waals surface area contributed by atoms with Gasteiger partial charge in [-0.25, -0.2) is 4.68 Å². The van der Waals surface area contributed by atoms with Gasteiger partial charge in [0.15, 0.2) is 5.69 Å². The Labute approximate surface area is 167 Å². The lowest BCUT2D eigenvalue weighted by Gasteiger charge is -2.36. The van der Waals surface area contributed by atoms with Crippen LogP contribution in [0.4, 0.5) is 5.69 Å². The molecule has 0 unspecified atom stereocenters. The minimum atomic E-state index is -0.168. The Bertz CT molecular complexity index is 1090. The number of amides is 1. The average molecular weight is 397 g/mol. The first-order valence-electron chi connectivity index (χ1n) is 9.38. The van der Waals surface area contributed by atoms with Crippen LogP contribution in [-0.2, 0) is 6.54 Å². The number of para-hydroxylation sites is 1. The number of fused-ring (bicyclic) bond motifs is 1. The Morgan fingerprint density at radius 3 is 2.32 bits per heavy atom. The molecule has 7 heteroatoms. The molecule has 1 fully saturated rings. The van der Waals surface area contributed by atoms with Gasteiger partial charge in [-0.1, -0.05) is 41.9 Å². The van der Waals surface area contributed by atoms with Gasteiger partial charge in [-0.05, 0) is 25.1 Å². The summed E-state index contributed by atoms with van der Waals surface area (Å²) in [5, 5.41) is 6.21. The number of carbonyl (C=O) groups is 1. The number of carbonyl (C=O) groups excluding carboxylic acids is 1. The zero-order chi connectivity index (χ0) is 19.7. The first-order valence-corrected chi connectivity index (χ1v) is 9.76. The van der Waals surface area contributed by atoms with Crippen molar-refractivity contribution >= 4 is 34.0 Å². The Balaban J connectivity index is 1.61. The monoisotopic (exact) mass is 396 g/mol. The summed E-state index contributed by atoms with van der Waals surface area (Å²) in [6.07, 6.45) is 0. The molecule has 6 nitrogen and oxygen atoms in total. The molecule has 1 aliphatic rings. The molecule has 28 heavy (non-hydrogen) atoms. The summed E-state index contributed by atoms with van der Waals surface area (Å²) >= 11 is 6.30. The third-order valence-corrected chi connectivity index (χ3v) is 5.45.